The van der Waals surface area contributed by atoms with Gasteiger partial charge in [0.2, 0.25) is 5.91 Å². The third kappa shape index (κ3) is 4.60. The van der Waals surface area contributed by atoms with Crippen LogP contribution >= 0.6 is 0 Å². The second-order valence-corrected chi connectivity index (χ2v) is 6.36. The first-order valence-electron chi connectivity index (χ1n) is 8.34. The number of benzene rings is 1. The monoisotopic (exact) mass is 364 g/mol. The summed E-state index contributed by atoms with van der Waals surface area (Å²) in [6.45, 7) is 0.870. The number of pyridine rings is 1. The molecule has 3 rings (SSSR count). The number of nitrogens with one attached hydrogen (secondary N) is 1. The zero-order valence-electron chi connectivity index (χ0n) is 14.0. The van der Waals surface area contributed by atoms with Crippen LogP contribution in [0.25, 0.3) is 0 Å². The summed E-state index contributed by atoms with van der Waals surface area (Å²) in [4.78, 5) is 16.3. The van der Waals surface area contributed by atoms with Crippen LogP contribution in [0.5, 0.6) is 0 Å². The number of carbonyl (C=O) groups is 1. The number of halogens is 3. The van der Waals surface area contributed by atoms with Crippen molar-refractivity contribution in [1.29, 1.82) is 0 Å². The van der Waals surface area contributed by atoms with E-state index in [1.807, 2.05) is 12.1 Å². The van der Waals surface area contributed by atoms with Crippen molar-refractivity contribution in [2.24, 2.45) is 5.92 Å². The lowest BCUT2D eigenvalue weighted by atomic mass is 9.95. The van der Waals surface area contributed by atoms with E-state index in [4.69, 9.17) is 4.74 Å². The Kier molecular flexibility index (Phi) is 5.56. The fraction of sp³-hybridized carbons (Fsp3) is 0.368. The number of ether oxygens (including phenoxy) is 1. The summed E-state index contributed by atoms with van der Waals surface area (Å²) in [5.41, 5.74) is 0.283. The van der Waals surface area contributed by atoms with Crippen molar-refractivity contribution >= 4 is 5.91 Å². The highest BCUT2D eigenvalue weighted by Crippen LogP contribution is 2.32. The van der Waals surface area contributed by atoms with Crippen molar-refractivity contribution in [3.63, 3.8) is 0 Å². The molecule has 0 bridgehead atoms. The first kappa shape index (κ1) is 18.4. The number of rotatable bonds is 5. The molecule has 1 aromatic carbocycles. The summed E-state index contributed by atoms with van der Waals surface area (Å²) in [5, 5.41) is 2.83. The average Bonchev–Trinajstić information content (AvgIpc) is 3.02. The van der Waals surface area contributed by atoms with Gasteiger partial charge in [0.05, 0.1) is 31.2 Å². The SMILES string of the molecule is O=C(Cc1ccccc1C(F)(F)F)N[C@H]1COC[C@H]1Cc1ccncc1. The highest BCUT2D eigenvalue weighted by molar-refractivity contribution is 5.79. The van der Waals surface area contributed by atoms with E-state index in [1.165, 1.54) is 18.2 Å². The van der Waals surface area contributed by atoms with Gasteiger partial charge in [-0.3, -0.25) is 9.78 Å². The van der Waals surface area contributed by atoms with E-state index >= 15 is 0 Å². The number of nitrogens with zero attached hydrogens (tertiary/aromatic N) is 1. The van der Waals surface area contributed by atoms with Gasteiger partial charge in [-0.15, -0.1) is 0 Å². The number of hydrogen-bond acceptors (Lipinski definition) is 3. The van der Waals surface area contributed by atoms with Crippen molar-refractivity contribution < 1.29 is 22.7 Å². The molecule has 0 spiro atoms. The third-order valence-corrected chi connectivity index (χ3v) is 4.47. The molecular weight excluding hydrogens is 345 g/mol. The number of amides is 1. The maximum absolute atomic E-state index is 13.1. The maximum Gasteiger partial charge on any atom is 0.416 e. The molecule has 1 aliphatic rings. The summed E-state index contributed by atoms with van der Waals surface area (Å²) < 4.78 is 44.6. The molecule has 7 heteroatoms. The molecule has 4 nitrogen and oxygen atoms in total. The highest BCUT2D eigenvalue weighted by atomic mass is 19.4. The van der Waals surface area contributed by atoms with Gasteiger partial charge in [-0.1, -0.05) is 18.2 Å². The molecule has 26 heavy (non-hydrogen) atoms. The Morgan fingerprint density at radius 1 is 1.15 bits per heavy atom. The Bertz CT molecular complexity index is 750. The van der Waals surface area contributed by atoms with Gasteiger partial charge in [0.15, 0.2) is 0 Å². The molecule has 2 heterocycles. The number of carbonyl (C=O) groups excluding carboxylic acids is 1. The van der Waals surface area contributed by atoms with Gasteiger partial charge in [0.1, 0.15) is 0 Å². The Hall–Kier alpha value is -2.41. The average molecular weight is 364 g/mol. The minimum Gasteiger partial charge on any atom is -0.379 e. The van der Waals surface area contributed by atoms with Gasteiger partial charge in [-0.05, 0) is 35.7 Å². The molecule has 1 aliphatic heterocycles. The Labute approximate surface area is 149 Å². The van der Waals surface area contributed by atoms with Crippen LogP contribution < -0.4 is 5.32 Å². The lowest BCUT2D eigenvalue weighted by Crippen LogP contribution is -2.41. The van der Waals surface area contributed by atoms with Gasteiger partial charge < -0.3 is 10.1 Å². The molecule has 1 amide bonds. The van der Waals surface area contributed by atoms with Crippen molar-refractivity contribution in [3.8, 4) is 0 Å². The van der Waals surface area contributed by atoms with Crippen molar-refractivity contribution in [1.82, 2.24) is 10.3 Å². The molecule has 2 atom stereocenters. The number of hydrogen-bond donors (Lipinski definition) is 1. The van der Waals surface area contributed by atoms with Crippen molar-refractivity contribution in [2.45, 2.75) is 25.1 Å². The minimum atomic E-state index is -4.47. The minimum absolute atomic E-state index is 0.0258. The van der Waals surface area contributed by atoms with E-state index in [-0.39, 0.29) is 23.9 Å². The van der Waals surface area contributed by atoms with E-state index in [0.717, 1.165) is 11.6 Å². The second kappa shape index (κ2) is 7.86. The zero-order valence-corrected chi connectivity index (χ0v) is 14.0. The zero-order chi connectivity index (χ0) is 18.6. The van der Waals surface area contributed by atoms with Crippen LogP contribution in [0.4, 0.5) is 13.2 Å². The van der Waals surface area contributed by atoms with Crippen LogP contribution in [-0.2, 0) is 28.5 Å². The van der Waals surface area contributed by atoms with Gasteiger partial charge >= 0.3 is 6.18 Å². The summed E-state index contributed by atoms with van der Waals surface area (Å²) in [7, 11) is 0. The predicted molar refractivity (Wildman–Crippen MR) is 89.3 cm³/mol. The summed E-state index contributed by atoms with van der Waals surface area (Å²) >= 11 is 0. The summed E-state index contributed by atoms with van der Waals surface area (Å²) in [6, 6.07) is 8.74. The topological polar surface area (TPSA) is 51.2 Å². The normalized spacial score (nSPS) is 20.1. The van der Waals surface area contributed by atoms with Crippen LogP contribution in [0.2, 0.25) is 0 Å². The smallest absolute Gasteiger partial charge is 0.379 e. The molecule has 1 aromatic heterocycles. The van der Waals surface area contributed by atoms with Gasteiger partial charge in [-0.25, -0.2) is 0 Å². The van der Waals surface area contributed by atoms with Crippen LogP contribution in [0.15, 0.2) is 48.8 Å². The highest BCUT2D eigenvalue weighted by Gasteiger charge is 2.34. The van der Waals surface area contributed by atoms with E-state index in [9.17, 15) is 18.0 Å². The van der Waals surface area contributed by atoms with Crippen LogP contribution in [0.3, 0.4) is 0 Å². The van der Waals surface area contributed by atoms with Crippen molar-refractivity contribution in [3.05, 3.63) is 65.5 Å². The third-order valence-electron chi connectivity index (χ3n) is 4.47. The molecule has 138 valence electrons. The quantitative estimate of drug-likeness (QED) is 0.887. The standard InChI is InChI=1S/C19H19F3N2O2/c20-19(21,22)16-4-2-1-3-14(16)10-18(25)24-17-12-26-11-15(17)9-13-5-7-23-8-6-13/h1-8,15,17H,9-12H2,(H,24,25)/t15-,17+/m1/s1. The van der Waals surface area contributed by atoms with Crippen molar-refractivity contribution in [2.75, 3.05) is 13.2 Å². The molecule has 0 radical (unpaired) electrons. The molecule has 1 N–H and O–H groups in total. The molecule has 0 saturated carbocycles. The molecule has 0 unspecified atom stereocenters. The van der Waals surface area contributed by atoms with Gasteiger partial charge in [0.25, 0.3) is 0 Å². The number of alkyl halides is 3. The molecule has 0 aliphatic carbocycles. The van der Waals surface area contributed by atoms with Crippen LogP contribution in [0.1, 0.15) is 16.7 Å². The largest absolute Gasteiger partial charge is 0.416 e. The fourth-order valence-electron chi connectivity index (χ4n) is 3.16. The summed E-state index contributed by atoms with van der Waals surface area (Å²) in [5.74, 6) is -0.351. The Morgan fingerprint density at radius 2 is 1.88 bits per heavy atom. The van der Waals surface area contributed by atoms with E-state index in [1.54, 1.807) is 12.4 Å². The van der Waals surface area contributed by atoms with Gasteiger partial charge in [-0.2, -0.15) is 13.2 Å². The first-order chi connectivity index (χ1) is 12.4. The van der Waals surface area contributed by atoms with Crippen LogP contribution in [0, 0.1) is 5.92 Å². The number of aromatic nitrogens is 1. The lowest BCUT2D eigenvalue weighted by molar-refractivity contribution is -0.138. The molecule has 1 saturated heterocycles. The fourth-order valence-corrected chi connectivity index (χ4v) is 3.16. The summed E-state index contributed by atoms with van der Waals surface area (Å²) in [6.07, 6.45) is -0.669. The molecule has 1 fully saturated rings. The van der Waals surface area contributed by atoms with E-state index in [0.29, 0.717) is 19.6 Å². The Balaban J connectivity index is 1.63. The second-order valence-electron chi connectivity index (χ2n) is 6.36. The van der Waals surface area contributed by atoms with Gasteiger partial charge in [0, 0.05) is 18.3 Å². The maximum atomic E-state index is 13.1. The van der Waals surface area contributed by atoms with Crippen LogP contribution in [-0.4, -0.2) is 30.1 Å². The molecular formula is C19H19F3N2O2. The van der Waals surface area contributed by atoms with E-state index in [2.05, 4.69) is 10.3 Å². The predicted octanol–water partition coefficient (Wildman–Crippen LogP) is 3.02. The Morgan fingerprint density at radius 3 is 2.62 bits per heavy atom. The van der Waals surface area contributed by atoms with E-state index < -0.39 is 17.6 Å². The first-order valence-corrected chi connectivity index (χ1v) is 8.34. The lowest BCUT2D eigenvalue weighted by Gasteiger charge is -2.20. The molecule has 2 aromatic rings.